The summed E-state index contributed by atoms with van der Waals surface area (Å²) in [6.07, 6.45) is 1.07. The standard InChI is InChI=1S/C16H19N3O4/c17-14(20)13-9-19(6-7-23-13)16(22)11-2-1-3-12(8-11)18-15(21)10-4-5-10/h1-3,8,10,13H,4-7,9H2,(H2,17,20)(H,18,21)/t13-/m1/s1. The zero-order valence-electron chi connectivity index (χ0n) is 12.7. The van der Waals surface area contributed by atoms with Gasteiger partial charge in [0, 0.05) is 23.7 Å². The van der Waals surface area contributed by atoms with Crippen LogP contribution in [0.15, 0.2) is 24.3 Å². The van der Waals surface area contributed by atoms with Crippen LogP contribution in [0, 0.1) is 5.92 Å². The second-order valence-electron chi connectivity index (χ2n) is 5.86. The number of hydrogen-bond donors (Lipinski definition) is 2. The van der Waals surface area contributed by atoms with Crippen molar-refractivity contribution in [3.8, 4) is 0 Å². The SMILES string of the molecule is NC(=O)[C@H]1CN(C(=O)c2cccc(NC(=O)C3CC3)c2)CCO1. The van der Waals surface area contributed by atoms with Gasteiger partial charge in [-0.2, -0.15) is 0 Å². The number of morpholine rings is 1. The van der Waals surface area contributed by atoms with Gasteiger partial charge in [-0.25, -0.2) is 0 Å². The van der Waals surface area contributed by atoms with E-state index in [2.05, 4.69) is 5.32 Å². The Morgan fingerprint density at radius 2 is 2.04 bits per heavy atom. The van der Waals surface area contributed by atoms with Crippen LogP contribution < -0.4 is 11.1 Å². The van der Waals surface area contributed by atoms with Gasteiger partial charge in [0.15, 0.2) is 6.10 Å². The number of rotatable bonds is 4. The fraction of sp³-hybridized carbons (Fsp3) is 0.438. The molecule has 0 bridgehead atoms. The van der Waals surface area contributed by atoms with E-state index in [0.29, 0.717) is 17.8 Å². The molecule has 1 atom stereocenters. The normalized spacial score (nSPS) is 20.9. The summed E-state index contributed by atoms with van der Waals surface area (Å²) in [4.78, 5) is 37.1. The fourth-order valence-corrected chi connectivity index (χ4v) is 2.51. The highest BCUT2D eigenvalue weighted by Crippen LogP contribution is 2.30. The number of nitrogens with one attached hydrogen (secondary N) is 1. The van der Waals surface area contributed by atoms with Crippen LogP contribution in [-0.2, 0) is 14.3 Å². The van der Waals surface area contributed by atoms with Crippen LogP contribution in [0.1, 0.15) is 23.2 Å². The highest BCUT2D eigenvalue weighted by molar-refractivity contribution is 5.98. The molecule has 0 aromatic heterocycles. The van der Waals surface area contributed by atoms with E-state index in [1.807, 2.05) is 0 Å². The van der Waals surface area contributed by atoms with E-state index in [4.69, 9.17) is 10.5 Å². The van der Waals surface area contributed by atoms with Crippen LogP contribution in [0.25, 0.3) is 0 Å². The number of carbonyl (C=O) groups is 3. The third-order valence-corrected chi connectivity index (χ3v) is 4.00. The van der Waals surface area contributed by atoms with Crippen LogP contribution in [0.2, 0.25) is 0 Å². The maximum Gasteiger partial charge on any atom is 0.254 e. The first-order chi connectivity index (χ1) is 11.0. The number of anilines is 1. The van der Waals surface area contributed by atoms with Gasteiger partial charge in [0.1, 0.15) is 0 Å². The monoisotopic (exact) mass is 317 g/mol. The molecule has 3 rings (SSSR count). The number of carbonyl (C=O) groups excluding carboxylic acids is 3. The molecular formula is C16H19N3O4. The van der Waals surface area contributed by atoms with Gasteiger partial charge in [-0.1, -0.05) is 6.07 Å². The van der Waals surface area contributed by atoms with Crippen molar-refractivity contribution in [2.24, 2.45) is 11.7 Å². The van der Waals surface area contributed by atoms with E-state index in [1.165, 1.54) is 0 Å². The number of benzene rings is 1. The molecule has 1 aromatic carbocycles. The maximum atomic E-state index is 12.6. The van der Waals surface area contributed by atoms with Gasteiger partial charge in [-0.15, -0.1) is 0 Å². The Hall–Kier alpha value is -2.41. The average molecular weight is 317 g/mol. The van der Waals surface area contributed by atoms with Crippen molar-refractivity contribution in [2.75, 3.05) is 25.0 Å². The van der Waals surface area contributed by atoms with E-state index in [1.54, 1.807) is 29.2 Å². The summed E-state index contributed by atoms with van der Waals surface area (Å²) in [6.45, 7) is 0.825. The van der Waals surface area contributed by atoms with E-state index < -0.39 is 12.0 Å². The first kappa shape index (κ1) is 15.5. The van der Waals surface area contributed by atoms with E-state index in [9.17, 15) is 14.4 Å². The number of nitrogens with two attached hydrogens (primary N) is 1. The van der Waals surface area contributed by atoms with Gasteiger partial charge in [0.2, 0.25) is 11.8 Å². The van der Waals surface area contributed by atoms with E-state index >= 15 is 0 Å². The van der Waals surface area contributed by atoms with Crippen LogP contribution in [0.4, 0.5) is 5.69 Å². The molecule has 122 valence electrons. The second kappa shape index (κ2) is 6.37. The smallest absolute Gasteiger partial charge is 0.254 e. The van der Waals surface area contributed by atoms with E-state index in [0.717, 1.165) is 12.8 Å². The van der Waals surface area contributed by atoms with Crippen molar-refractivity contribution in [3.63, 3.8) is 0 Å². The van der Waals surface area contributed by atoms with Crippen molar-refractivity contribution in [2.45, 2.75) is 18.9 Å². The zero-order valence-corrected chi connectivity index (χ0v) is 12.7. The number of primary amides is 1. The molecule has 2 aliphatic rings. The summed E-state index contributed by atoms with van der Waals surface area (Å²) in [5, 5.41) is 2.82. The molecule has 1 saturated carbocycles. The molecule has 1 aliphatic carbocycles. The van der Waals surface area contributed by atoms with Crippen LogP contribution in [-0.4, -0.2) is 48.4 Å². The largest absolute Gasteiger partial charge is 0.367 e. The number of amides is 3. The summed E-state index contributed by atoms with van der Waals surface area (Å²) in [5.74, 6) is -0.685. The van der Waals surface area contributed by atoms with Crippen molar-refractivity contribution in [3.05, 3.63) is 29.8 Å². The van der Waals surface area contributed by atoms with Gasteiger partial charge >= 0.3 is 0 Å². The maximum absolute atomic E-state index is 12.6. The molecule has 2 fully saturated rings. The lowest BCUT2D eigenvalue weighted by atomic mass is 10.1. The molecule has 0 spiro atoms. The van der Waals surface area contributed by atoms with Crippen molar-refractivity contribution < 1.29 is 19.1 Å². The molecule has 1 saturated heterocycles. The minimum absolute atomic E-state index is 0.00485. The van der Waals surface area contributed by atoms with E-state index in [-0.39, 0.29) is 30.9 Å². The van der Waals surface area contributed by atoms with Crippen LogP contribution >= 0.6 is 0 Å². The lowest BCUT2D eigenvalue weighted by Gasteiger charge is -2.31. The minimum atomic E-state index is -0.773. The first-order valence-corrected chi connectivity index (χ1v) is 7.65. The summed E-state index contributed by atoms with van der Waals surface area (Å²) >= 11 is 0. The lowest BCUT2D eigenvalue weighted by Crippen LogP contribution is -2.50. The van der Waals surface area contributed by atoms with Crippen molar-refractivity contribution >= 4 is 23.4 Å². The quantitative estimate of drug-likeness (QED) is 0.837. The van der Waals surface area contributed by atoms with Crippen LogP contribution in [0.3, 0.4) is 0 Å². The van der Waals surface area contributed by atoms with Gasteiger partial charge in [0.05, 0.1) is 13.2 Å². The molecule has 0 unspecified atom stereocenters. The van der Waals surface area contributed by atoms with Crippen molar-refractivity contribution in [1.29, 1.82) is 0 Å². The number of hydrogen-bond acceptors (Lipinski definition) is 4. The second-order valence-corrected chi connectivity index (χ2v) is 5.86. The zero-order chi connectivity index (χ0) is 16.4. The Balaban J connectivity index is 1.69. The van der Waals surface area contributed by atoms with Gasteiger partial charge in [-0.3, -0.25) is 14.4 Å². The highest BCUT2D eigenvalue weighted by Gasteiger charge is 2.30. The van der Waals surface area contributed by atoms with Gasteiger partial charge in [-0.05, 0) is 31.0 Å². The highest BCUT2D eigenvalue weighted by atomic mass is 16.5. The summed E-state index contributed by atoms with van der Waals surface area (Å²) in [7, 11) is 0. The molecule has 23 heavy (non-hydrogen) atoms. The molecule has 0 radical (unpaired) electrons. The topological polar surface area (TPSA) is 102 Å². The summed E-state index contributed by atoms with van der Waals surface area (Å²) in [6, 6.07) is 6.81. The Morgan fingerprint density at radius 1 is 1.26 bits per heavy atom. The first-order valence-electron chi connectivity index (χ1n) is 7.65. The third kappa shape index (κ3) is 3.68. The average Bonchev–Trinajstić information content (AvgIpc) is 3.39. The molecular weight excluding hydrogens is 298 g/mol. The minimum Gasteiger partial charge on any atom is -0.367 e. The summed E-state index contributed by atoms with van der Waals surface area (Å²) in [5.41, 5.74) is 6.30. The lowest BCUT2D eigenvalue weighted by molar-refractivity contribution is -0.133. The molecule has 1 aromatic rings. The molecule has 1 aliphatic heterocycles. The molecule has 3 N–H and O–H groups in total. The molecule has 1 heterocycles. The number of ether oxygens (including phenoxy) is 1. The Labute approximate surface area is 133 Å². The Morgan fingerprint density at radius 3 is 2.74 bits per heavy atom. The number of nitrogens with zero attached hydrogens (tertiary/aromatic N) is 1. The van der Waals surface area contributed by atoms with Crippen molar-refractivity contribution in [1.82, 2.24) is 4.90 Å². The van der Waals surface area contributed by atoms with Crippen LogP contribution in [0.5, 0.6) is 0 Å². The molecule has 7 nitrogen and oxygen atoms in total. The predicted molar refractivity (Wildman–Crippen MR) is 82.6 cm³/mol. The molecule has 7 heteroatoms. The molecule has 3 amide bonds. The third-order valence-electron chi connectivity index (χ3n) is 4.00. The Bertz CT molecular complexity index is 642. The van der Waals surface area contributed by atoms with Gasteiger partial charge in [0.25, 0.3) is 5.91 Å². The summed E-state index contributed by atoms with van der Waals surface area (Å²) < 4.78 is 5.24. The Kier molecular flexibility index (Phi) is 4.29. The fourth-order valence-electron chi connectivity index (χ4n) is 2.51. The van der Waals surface area contributed by atoms with Gasteiger partial charge < -0.3 is 20.7 Å². The predicted octanol–water partition coefficient (Wildman–Crippen LogP) is 0.361.